The number of rotatable bonds is 29. The predicted octanol–water partition coefficient (Wildman–Crippen LogP) is 8.90. The van der Waals surface area contributed by atoms with Crippen molar-refractivity contribution in [3.05, 3.63) is 49.1 Å². The molecule has 45 heavy (non-hydrogen) atoms. The molecule has 0 aromatic carbocycles. The van der Waals surface area contributed by atoms with Crippen molar-refractivity contribution in [1.29, 1.82) is 0 Å². The first-order valence-corrected chi connectivity index (χ1v) is 18.2. The Labute approximate surface area is 274 Å². The van der Waals surface area contributed by atoms with Gasteiger partial charge in [0.15, 0.2) is 24.8 Å². The van der Waals surface area contributed by atoms with Crippen molar-refractivity contribution < 1.29 is 28.2 Å². The number of methoxy groups -OCH3 is 1. The number of esters is 1. The van der Waals surface area contributed by atoms with Gasteiger partial charge in [-0.3, -0.25) is 4.79 Å². The molecule has 0 spiro atoms. The molecular weight excluding hydrogens is 560 g/mol. The molecule has 252 valence electrons. The van der Waals surface area contributed by atoms with Crippen LogP contribution in [0.4, 0.5) is 0 Å². The maximum absolute atomic E-state index is 11.6. The molecule has 0 atom stereocenters. The molecule has 0 aliphatic rings. The monoisotopic (exact) mass is 624 g/mol. The van der Waals surface area contributed by atoms with Crippen LogP contribution in [0, 0.1) is 0 Å². The van der Waals surface area contributed by atoms with Crippen LogP contribution in [0.1, 0.15) is 142 Å². The number of aryl methyl sites for hydroxylation is 2. The van der Waals surface area contributed by atoms with Crippen LogP contribution in [0.3, 0.4) is 0 Å². The van der Waals surface area contributed by atoms with Gasteiger partial charge in [0.1, 0.15) is 18.9 Å². The van der Waals surface area contributed by atoms with Crippen LogP contribution in [-0.2, 0) is 32.2 Å². The van der Waals surface area contributed by atoms with Gasteiger partial charge in [0, 0.05) is 63.7 Å². The number of nitrogens with zero attached hydrogens (tertiary/aromatic N) is 2. The minimum absolute atomic E-state index is 0.131. The van der Waals surface area contributed by atoms with Gasteiger partial charge in [0.05, 0.1) is 6.61 Å². The lowest BCUT2D eigenvalue weighted by atomic mass is 10.1. The Morgan fingerprint density at radius 1 is 0.511 bits per heavy atom. The number of hydrogen-bond donors (Lipinski definition) is 0. The lowest BCUT2D eigenvalue weighted by Crippen LogP contribution is -2.33. The molecule has 2 rings (SSSR count). The minimum Gasteiger partial charge on any atom is -0.466 e. The Hall–Kier alpha value is -2.60. The van der Waals surface area contributed by atoms with E-state index in [4.69, 9.17) is 9.47 Å². The molecule has 0 radical (unpaired) electrons. The Morgan fingerprint density at radius 3 is 1.29 bits per heavy atom. The van der Waals surface area contributed by atoms with Crippen molar-refractivity contribution >= 4 is 11.8 Å². The second-order valence-corrected chi connectivity index (χ2v) is 12.8. The third kappa shape index (κ3) is 20.9. The number of hydrogen-bond acceptors (Lipinski definition) is 4. The number of carbonyl (C=O) groups is 2. The van der Waals surface area contributed by atoms with Crippen molar-refractivity contribution in [2.24, 2.45) is 0 Å². The van der Waals surface area contributed by atoms with Gasteiger partial charge in [0.2, 0.25) is 0 Å². The summed E-state index contributed by atoms with van der Waals surface area (Å²) in [6, 6.07) is 8.98. The Kier molecular flexibility index (Phi) is 22.8. The Bertz CT molecular complexity index is 1010. The standard InChI is InChI=1S/C39H64N2O4/c1-36(42)22-21-23-39(43)45-35-20-16-12-8-4-6-10-14-18-29-41-32-26-38(27-33-41)37-24-30-40(31-25-37)28-17-13-9-5-3-7-11-15-19-34-44-2/h24-27,30-33H,3-23,28-29,34-35H2,1-2H3/q+2. The summed E-state index contributed by atoms with van der Waals surface area (Å²) in [5.41, 5.74) is 2.56. The zero-order chi connectivity index (χ0) is 32.2. The van der Waals surface area contributed by atoms with Crippen LogP contribution in [0.15, 0.2) is 49.1 Å². The normalized spacial score (nSPS) is 11.2. The second-order valence-electron chi connectivity index (χ2n) is 12.8. The van der Waals surface area contributed by atoms with Crippen LogP contribution in [-0.4, -0.2) is 32.1 Å². The van der Waals surface area contributed by atoms with E-state index >= 15 is 0 Å². The highest BCUT2D eigenvalue weighted by atomic mass is 16.5. The molecular formula is C39H64N2O4+2. The van der Waals surface area contributed by atoms with Gasteiger partial charge in [-0.05, 0) is 50.2 Å². The minimum atomic E-state index is -0.169. The van der Waals surface area contributed by atoms with E-state index < -0.39 is 0 Å². The molecule has 0 fully saturated rings. The van der Waals surface area contributed by atoms with Crippen molar-refractivity contribution in [1.82, 2.24) is 0 Å². The fraction of sp³-hybridized carbons (Fsp3) is 0.692. The average molecular weight is 625 g/mol. The number of carbonyl (C=O) groups excluding carboxylic acids is 2. The van der Waals surface area contributed by atoms with E-state index in [1.807, 2.05) is 0 Å². The summed E-state index contributed by atoms with van der Waals surface area (Å²) in [4.78, 5) is 22.5. The van der Waals surface area contributed by atoms with Crippen molar-refractivity contribution in [2.75, 3.05) is 20.3 Å². The van der Waals surface area contributed by atoms with Crippen molar-refractivity contribution in [2.45, 2.75) is 155 Å². The first-order valence-electron chi connectivity index (χ1n) is 18.2. The van der Waals surface area contributed by atoms with Gasteiger partial charge in [-0.2, -0.15) is 0 Å². The largest absolute Gasteiger partial charge is 0.466 e. The van der Waals surface area contributed by atoms with E-state index in [0.717, 1.165) is 32.5 Å². The molecule has 2 aromatic rings. The lowest BCUT2D eigenvalue weighted by Gasteiger charge is -2.05. The smallest absolute Gasteiger partial charge is 0.305 e. The topological polar surface area (TPSA) is 60.4 Å². The van der Waals surface area contributed by atoms with Crippen molar-refractivity contribution in [3.63, 3.8) is 0 Å². The number of unbranched alkanes of at least 4 members (excludes halogenated alkanes) is 16. The van der Waals surface area contributed by atoms with E-state index in [1.165, 1.54) is 114 Å². The zero-order valence-electron chi connectivity index (χ0n) is 28.8. The number of pyridine rings is 2. The summed E-state index contributed by atoms with van der Waals surface area (Å²) >= 11 is 0. The van der Waals surface area contributed by atoms with Gasteiger partial charge >= 0.3 is 5.97 Å². The summed E-state index contributed by atoms with van der Waals surface area (Å²) in [6.07, 6.45) is 33.2. The average Bonchev–Trinajstić information content (AvgIpc) is 3.04. The molecule has 6 nitrogen and oxygen atoms in total. The highest BCUT2D eigenvalue weighted by molar-refractivity contribution is 5.76. The molecule has 0 aliphatic heterocycles. The molecule has 0 N–H and O–H groups in total. The molecule has 0 saturated carbocycles. The number of ketones is 1. The molecule has 0 unspecified atom stereocenters. The van der Waals surface area contributed by atoms with E-state index in [0.29, 0.717) is 25.9 Å². The molecule has 0 bridgehead atoms. The summed E-state index contributed by atoms with van der Waals surface area (Å²) in [5.74, 6) is -0.0387. The molecule has 2 heterocycles. The van der Waals surface area contributed by atoms with Crippen LogP contribution >= 0.6 is 0 Å². The van der Waals surface area contributed by atoms with Gasteiger partial charge in [-0.15, -0.1) is 0 Å². The molecule has 0 amide bonds. The van der Waals surface area contributed by atoms with Gasteiger partial charge in [-0.1, -0.05) is 77.0 Å². The fourth-order valence-electron chi connectivity index (χ4n) is 5.75. The van der Waals surface area contributed by atoms with Crippen LogP contribution in [0.2, 0.25) is 0 Å². The highest BCUT2D eigenvalue weighted by Crippen LogP contribution is 2.16. The summed E-state index contributed by atoms with van der Waals surface area (Å²) < 4.78 is 15.0. The summed E-state index contributed by atoms with van der Waals surface area (Å²) in [6.45, 7) is 5.17. The van der Waals surface area contributed by atoms with Crippen LogP contribution in [0.25, 0.3) is 11.1 Å². The fourth-order valence-corrected chi connectivity index (χ4v) is 5.75. The summed E-state index contributed by atoms with van der Waals surface area (Å²) in [5, 5.41) is 0. The third-order valence-electron chi connectivity index (χ3n) is 8.61. The van der Waals surface area contributed by atoms with E-state index in [-0.39, 0.29) is 11.8 Å². The zero-order valence-corrected chi connectivity index (χ0v) is 28.8. The number of aromatic nitrogens is 2. The maximum Gasteiger partial charge on any atom is 0.305 e. The quantitative estimate of drug-likeness (QED) is 0.0515. The van der Waals surface area contributed by atoms with E-state index in [1.54, 1.807) is 14.0 Å². The Morgan fingerprint density at radius 2 is 0.889 bits per heavy atom. The van der Waals surface area contributed by atoms with Gasteiger partial charge < -0.3 is 14.3 Å². The number of ether oxygens (including phenoxy) is 2. The first kappa shape index (κ1) is 38.6. The van der Waals surface area contributed by atoms with E-state index in [9.17, 15) is 9.59 Å². The predicted molar refractivity (Wildman–Crippen MR) is 183 cm³/mol. The molecule has 0 saturated heterocycles. The second kappa shape index (κ2) is 26.6. The molecule has 6 heteroatoms. The summed E-state index contributed by atoms with van der Waals surface area (Å²) in [7, 11) is 1.79. The molecule has 2 aromatic heterocycles. The van der Waals surface area contributed by atoms with Crippen LogP contribution < -0.4 is 9.13 Å². The van der Waals surface area contributed by atoms with Gasteiger partial charge in [0.25, 0.3) is 0 Å². The van der Waals surface area contributed by atoms with Crippen LogP contribution in [0.5, 0.6) is 0 Å². The molecule has 0 aliphatic carbocycles. The van der Waals surface area contributed by atoms with Gasteiger partial charge in [-0.25, -0.2) is 9.13 Å². The lowest BCUT2D eigenvalue weighted by molar-refractivity contribution is -0.697. The number of Topliss-reactive ketones (excluding diaryl/α,β-unsaturated/α-hetero) is 1. The highest BCUT2D eigenvalue weighted by Gasteiger charge is 2.07. The Balaban J connectivity index is 1.43. The van der Waals surface area contributed by atoms with Crippen molar-refractivity contribution in [3.8, 4) is 11.1 Å². The third-order valence-corrected chi connectivity index (χ3v) is 8.61. The SMILES string of the molecule is COCCCCCCCCCCC[n+]1ccc(-c2cc[n+](CCCCCCCCCCCOC(=O)CCCC(C)=O)cc2)cc1. The van der Waals surface area contributed by atoms with E-state index in [2.05, 4.69) is 58.2 Å². The first-order chi connectivity index (χ1) is 22.1. The maximum atomic E-state index is 11.6.